The minimum absolute atomic E-state index is 0.0554. The number of ether oxygens (including phenoxy) is 1. The van der Waals surface area contributed by atoms with Crippen LogP contribution in [0, 0.1) is 11.2 Å². The Bertz CT molecular complexity index is 460. The summed E-state index contributed by atoms with van der Waals surface area (Å²) in [5.74, 6) is 0.218. The first-order chi connectivity index (χ1) is 9.75. The Labute approximate surface area is 120 Å². The highest BCUT2D eigenvalue weighted by Gasteiger charge is 2.45. The van der Waals surface area contributed by atoms with Gasteiger partial charge in [-0.15, -0.1) is 0 Å². The van der Waals surface area contributed by atoms with Crippen LogP contribution in [0.1, 0.15) is 43.6 Å². The first-order valence-electron chi connectivity index (χ1n) is 7.73. The highest BCUT2D eigenvalue weighted by molar-refractivity contribution is 5.26. The molecule has 2 fully saturated rings. The van der Waals surface area contributed by atoms with Gasteiger partial charge in [-0.3, -0.25) is 0 Å². The van der Waals surface area contributed by atoms with E-state index < -0.39 is 0 Å². The first kappa shape index (κ1) is 14.0. The molecule has 1 heterocycles. The summed E-state index contributed by atoms with van der Waals surface area (Å²) in [4.78, 5) is 0. The Morgan fingerprint density at radius 2 is 2.15 bits per heavy atom. The highest BCUT2D eigenvalue weighted by atomic mass is 19.1. The number of hydrogen-bond donors (Lipinski definition) is 1. The Kier molecular flexibility index (Phi) is 4.08. The third-order valence-corrected chi connectivity index (χ3v) is 5.34. The van der Waals surface area contributed by atoms with Crippen molar-refractivity contribution in [3.05, 3.63) is 35.6 Å². The molecular weight excluding hydrogens is 253 g/mol. The molecule has 20 heavy (non-hydrogen) atoms. The molecular formula is C17H24FNO. The third-order valence-electron chi connectivity index (χ3n) is 5.34. The number of hydrogen-bond acceptors (Lipinski definition) is 2. The molecule has 0 aromatic heterocycles. The lowest BCUT2D eigenvalue weighted by molar-refractivity contribution is -0.0127. The molecule has 0 radical (unpaired) electrons. The zero-order valence-electron chi connectivity index (χ0n) is 12.2. The largest absolute Gasteiger partial charge is 0.381 e. The van der Waals surface area contributed by atoms with Gasteiger partial charge in [-0.2, -0.15) is 0 Å². The molecule has 1 aliphatic carbocycles. The molecule has 1 spiro atoms. The fourth-order valence-corrected chi connectivity index (χ4v) is 4.26. The lowest BCUT2D eigenvalue weighted by Gasteiger charge is -2.49. The zero-order chi connectivity index (χ0) is 14.0. The Hall–Kier alpha value is -0.930. The van der Waals surface area contributed by atoms with Crippen molar-refractivity contribution >= 4 is 0 Å². The fraction of sp³-hybridized carbons (Fsp3) is 0.647. The maximum absolute atomic E-state index is 14.2. The summed E-state index contributed by atoms with van der Waals surface area (Å²) >= 11 is 0. The van der Waals surface area contributed by atoms with E-state index in [4.69, 9.17) is 4.74 Å². The quantitative estimate of drug-likeness (QED) is 0.893. The molecule has 1 saturated carbocycles. The van der Waals surface area contributed by atoms with Crippen LogP contribution in [-0.4, -0.2) is 26.3 Å². The van der Waals surface area contributed by atoms with Crippen LogP contribution >= 0.6 is 0 Å². The molecule has 2 aliphatic rings. The monoisotopic (exact) mass is 277 g/mol. The normalized spacial score (nSPS) is 34.3. The van der Waals surface area contributed by atoms with Crippen molar-refractivity contribution in [2.75, 3.05) is 20.2 Å². The van der Waals surface area contributed by atoms with Crippen molar-refractivity contribution in [1.29, 1.82) is 0 Å². The maximum atomic E-state index is 14.2. The predicted molar refractivity (Wildman–Crippen MR) is 78.3 cm³/mol. The molecule has 3 atom stereocenters. The van der Waals surface area contributed by atoms with E-state index in [-0.39, 0.29) is 17.2 Å². The van der Waals surface area contributed by atoms with E-state index in [0.29, 0.717) is 6.10 Å². The standard InChI is InChI=1S/C17H24FNO/c1-20-13-5-4-8-17(11-13)9-10-19-12-15(17)14-6-2-3-7-16(14)18/h2-3,6-7,13,15,19H,4-5,8-12H2,1H3. The molecule has 0 bridgehead atoms. The van der Waals surface area contributed by atoms with Gasteiger partial charge in [0, 0.05) is 19.6 Å². The second kappa shape index (κ2) is 5.82. The van der Waals surface area contributed by atoms with Crippen LogP contribution in [0.5, 0.6) is 0 Å². The van der Waals surface area contributed by atoms with E-state index in [1.54, 1.807) is 12.1 Å². The van der Waals surface area contributed by atoms with E-state index in [0.717, 1.165) is 37.9 Å². The number of piperidine rings is 1. The first-order valence-corrected chi connectivity index (χ1v) is 7.73. The van der Waals surface area contributed by atoms with Crippen molar-refractivity contribution in [1.82, 2.24) is 5.32 Å². The summed E-state index contributed by atoms with van der Waals surface area (Å²) in [6, 6.07) is 7.29. The van der Waals surface area contributed by atoms with Crippen molar-refractivity contribution in [3.8, 4) is 0 Å². The summed E-state index contributed by atoms with van der Waals surface area (Å²) in [5, 5.41) is 3.46. The molecule has 2 nitrogen and oxygen atoms in total. The Morgan fingerprint density at radius 1 is 1.30 bits per heavy atom. The topological polar surface area (TPSA) is 21.3 Å². The smallest absolute Gasteiger partial charge is 0.126 e. The molecule has 1 N–H and O–H groups in total. The van der Waals surface area contributed by atoms with Crippen molar-refractivity contribution in [3.63, 3.8) is 0 Å². The summed E-state index contributed by atoms with van der Waals surface area (Å²) in [5.41, 5.74) is 1.10. The van der Waals surface area contributed by atoms with Gasteiger partial charge in [0.15, 0.2) is 0 Å². The number of halogens is 1. The summed E-state index contributed by atoms with van der Waals surface area (Å²) in [6.07, 6.45) is 6.10. The molecule has 3 unspecified atom stereocenters. The van der Waals surface area contributed by atoms with Gasteiger partial charge in [0.2, 0.25) is 0 Å². The molecule has 110 valence electrons. The Balaban J connectivity index is 1.93. The molecule has 1 aromatic carbocycles. The van der Waals surface area contributed by atoms with E-state index in [9.17, 15) is 4.39 Å². The number of benzene rings is 1. The summed E-state index contributed by atoms with van der Waals surface area (Å²) < 4.78 is 19.9. The van der Waals surface area contributed by atoms with Crippen LogP contribution in [0.15, 0.2) is 24.3 Å². The van der Waals surface area contributed by atoms with Crippen LogP contribution in [0.4, 0.5) is 4.39 Å². The van der Waals surface area contributed by atoms with Gasteiger partial charge < -0.3 is 10.1 Å². The maximum Gasteiger partial charge on any atom is 0.126 e. The van der Waals surface area contributed by atoms with Crippen molar-refractivity contribution in [2.45, 2.75) is 44.1 Å². The van der Waals surface area contributed by atoms with Gasteiger partial charge >= 0.3 is 0 Å². The average molecular weight is 277 g/mol. The molecule has 1 aromatic rings. The molecule has 1 saturated heterocycles. The van der Waals surface area contributed by atoms with Crippen LogP contribution in [0.25, 0.3) is 0 Å². The predicted octanol–water partition coefficient (Wildman–Crippen LogP) is 3.48. The second-order valence-corrected chi connectivity index (χ2v) is 6.34. The van der Waals surface area contributed by atoms with Gasteiger partial charge in [-0.05, 0) is 49.3 Å². The third kappa shape index (κ3) is 2.49. The van der Waals surface area contributed by atoms with Gasteiger partial charge in [0.1, 0.15) is 5.82 Å². The van der Waals surface area contributed by atoms with Gasteiger partial charge in [0.05, 0.1) is 6.10 Å². The average Bonchev–Trinajstić information content (AvgIpc) is 2.49. The van der Waals surface area contributed by atoms with Crippen molar-refractivity contribution in [2.24, 2.45) is 5.41 Å². The summed E-state index contributed by atoms with van der Waals surface area (Å²) in [7, 11) is 1.81. The highest BCUT2D eigenvalue weighted by Crippen LogP contribution is 2.51. The molecule has 0 amide bonds. The summed E-state index contributed by atoms with van der Waals surface area (Å²) in [6.45, 7) is 1.93. The van der Waals surface area contributed by atoms with Crippen LogP contribution in [0.2, 0.25) is 0 Å². The van der Waals surface area contributed by atoms with Gasteiger partial charge in [-0.1, -0.05) is 24.6 Å². The second-order valence-electron chi connectivity index (χ2n) is 6.34. The van der Waals surface area contributed by atoms with Crippen LogP contribution in [-0.2, 0) is 4.74 Å². The van der Waals surface area contributed by atoms with Crippen LogP contribution < -0.4 is 5.32 Å². The number of nitrogens with one attached hydrogen (secondary N) is 1. The van der Waals surface area contributed by atoms with Crippen LogP contribution in [0.3, 0.4) is 0 Å². The molecule has 3 heteroatoms. The minimum atomic E-state index is -0.0554. The van der Waals surface area contributed by atoms with Gasteiger partial charge in [-0.25, -0.2) is 4.39 Å². The van der Waals surface area contributed by atoms with E-state index >= 15 is 0 Å². The van der Waals surface area contributed by atoms with E-state index in [2.05, 4.69) is 5.32 Å². The lowest BCUT2D eigenvalue weighted by atomic mass is 9.60. The minimum Gasteiger partial charge on any atom is -0.381 e. The Morgan fingerprint density at radius 3 is 2.95 bits per heavy atom. The SMILES string of the molecule is COC1CCCC2(CCNCC2c2ccccc2F)C1. The number of rotatable bonds is 2. The molecule has 1 aliphatic heterocycles. The van der Waals surface area contributed by atoms with E-state index in [1.165, 1.54) is 12.8 Å². The fourth-order valence-electron chi connectivity index (χ4n) is 4.26. The van der Waals surface area contributed by atoms with Gasteiger partial charge in [0.25, 0.3) is 0 Å². The lowest BCUT2D eigenvalue weighted by Crippen LogP contribution is -2.47. The number of methoxy groups -OCH3 is 1. The zero-order valence-corrected chi connectivity index (χ0v) is 12.2. The van der Waals surface area contributed by atoms with E-state index in [1.807, 2.05) is 19.2 Å². The van der Waals surface area contributed by atoms with Crippen molar-refractivity contribution < 1.29 is 9.13 Å². The molecule has 3 rings (SSSR count).